The molecule has 0 aliphatic rings. The molecule has 0 rings (SSSR count). The molecular formula is C12H20O3. The van der Waals surface area contributed by atoms with E-state index in [-0.39, 0.29) is 0 Å². The molecular weight excluding hydrogens is 192 g/mol. The number of Topliss-reactive ketones (excluding diaryl/α,β-unsaturated/α-hetero) is 1. The second kappa shape index (κ2) is 9.44. The molecule has 0 fully saturated rings. The van der Waals surface area contributed by atoms with Gasteiger partial charge in [0, 0.05) is 6.42 Å². The van der Waals surface area contributed by atoms with Crippen LogP contribution in [0, 0.1) is 0 Å². The molecule has 3 nitrogen and oxygen atoms in total. The van der Waals surface area contributed by atoms with Gasteiger partial charge >= 0.3 is 5.97 Å². The van der Waals surface area contributed by atoms with Gasteiger partial charge in [0.2, 0.25) is 5.78 Å². The molecule has 0 unspecified atom stereocenters. The Morgan fingerprint density at radius 3 is 2.33 bits per heavy atom. The molecule has 3 heteroatoms. The minimum atomic E-state index is -0.793. The summed E-state index contributed by atoms with van der Waals surface area (Å²) in [6.45, 7) is 5.38. The van der Waals surface area contributed by atoms with E-state index in [1.165, 1.54) is 19.3 Å². The van der Waals surface area contributed by atoms with Crippen molar-refractivity contribution < 1.29 is 14.3 Å². The molecule has 0 radical (unpaired) electrons. The highest BCUT2D eigenvalue weighted by molar-refractivity contribution is 6.33. The predicted octanol–water partition coefficient (Wildman–Crippen LogP) is 2.99. The average Bonchev–Trinajstić information content (AvgIpc) is 2.23. The lowest BCUT2D eigenvalue weighted by atomic mass is 10.1. The fraction of sp³-hybridized carbons (Fsp3) is 0.667. The third-order valence-electron chi connectivity index (χ3n) is 2.18. The Hall–Kier alpha value is -1.12. The highest BCUT2D eigenvalue weighted by Crippen LogP contribution is 2.07. The third kappa shape index (κ3) is 7.91. The largest absolute Gasteiger partial charge is 0.429 e. The summed E-state index contributed by atoms with van der Waals surface area (Å²) in [4.78, 5) is 22.0. The van der Waals surface area contributed by atoms with Crippen molar-refractivity contribution in [3.05, 3.63) is 12.8 Å². The van der Waals surface area contributed by atoms with Gasteiger partial charge < -0.3 is 4.74 Å². The van der Waals surface area contributed by atoms with Crippen LogP contribution < -0.4 is 0 Å². The van der Waals surface area contributed by atoms with Crippen LogP contribution in [0.2, 0.25) is 0 Å². The lowest BCUT2D eigenvalue weighted by Gasteiger charge is -1.99. The molecule has 0 heterocycles. The fourth-order valence-electron chi connectivity index (χ4n) is 1.31. The van der Waals surface area contributed by atoms with Crippen molar-refractivity contribution >= 4 is 11.8 Å². The number of esters is 1. The number of unbranched alkanes of at least 4 members (excludes halogenated alkanes) is 5. The van der Waals surface area contributed by atoms with Crippen molar-refractivity contribution in [1.29, 1.82) is 0 Å². The summed E-state index contributed by atoms with van der Waals surface area (Å²) >= 11 is 0. The van der Waals surface area contributed by atoms with E-state index in [4.69, 9.17) is 0 Å². The molecule has 0 aromatic carbocycles. The summed E-state index contributed by atoms with van der Waals surface area (Å²) in [6, 6.07) is 0. The predicted molar refractivity (Wildman–Crippen MR) is 59.3 cm³/mol. The number of carbonyl (C=O) groups excluding carboxylic acids is 2. The topological polar surface area (TPSA) is 43.4 Å². The minimum absolute atomic E-state index is 0.290. The molecule has 0 aliphatic carbocycles. The maximum atomic E-state index is 11.1. The molecule has 0 saturated heterocycles. The maximum absolute atomic E-state index is 11.1. The summed E-state index contributed by atoms with van der Waals surface area (Å²) in [5.41, 5.74) is 0. The van der Waals surface area contributed by atoms with Gasteiger partial charge in [-0.1, -0.05) is 45.6 Å². The lowest BCUT2D eigenvalue weighted by Crippen LogP contribution is -2.14. The third-order valence-corrected chi connectivity index (χ3v) is 2.18. The first-order valence-electron chi connectivity index (χ1n) is 5.57. The Bertz CT molecular complexity index is 209. The van der Waals surface area contributed by atoms with Crippen LogP contribution in [0.3, 0.4) is 0 Å². The van der Waals surface area contributed by atoms with Gasteiger partial charge in [-0.15, -0.1) is 0 Å². The molecule has 0 spiro atoms. The van der Waals surface area contributed by atoms with E-state index in [1.807, 2.05) is 0 Å². The van der Waals surface area contributed by atoms with Crippen molar-refractivity contribution in [2.45, 2.75) is 51.9 Å². The number of ketones is 1. The van der Waals surface area contributed by atoms with Crippen molar-refractivity contribution in [3.8, 4) is 0 Å². The highest BCUT2D eigenvalue weighted by Gasteiger charge is 2.12. The first-order valence-corrected chi connectivity index (χ1v) is 5.57. The van der Waals surface area contributed by atoms with Gasteiger partial charge in [0.15, 0.2) is 0 Å². The van der Waals surface area contributed by atoms with Crippen molar-refractivity contribution in [2.75, 3.05) is 0 Å². The first-order chi connectivity index (χ1) is 7.22. The second-order valence-corrected chi connectivity index (χ2v) is 3.51. The van der Waals surface area contributed by atoms with Crippen LogP contribution in [-0.2, 0) is 14.3 Å². The average molecular weight is 212 g/mol. The van der Waals surface area contributed by atoms with E-state index >= 15 is 0 Å². The van der Waals surface area contributed by atoms with Crippen LogP contribution in [0.15, 0.2) is 12.8 Å². The molecule has 0 amide bonds. The van der Waals surface area contributed by atoms with Gasteiger partial charge in [-0.3, -0.25) is 4.79 Å². The van der Waals surface area contributed by atoms with Gasteiger partial charge in [-0.25, -0.2) is 4.79 Å². The SMILES string of the molecule is C=COC(=O)C(=O)CCCCCCCC. The Kier molecular flexibility index (Phi) is 8.73. The summed E-state index contributed by atoms with van der Waals surface area (Å²) in [5, 5.41) is 0. The van der Waals surface area contributed by atoms with Gasteiger partial charge in [-0.2, -0.15) is 0 Å². The van der Waals surface area contributed by atoms with Crippen molar-refractivity contribution in [1.82, 2.24) is 0 Å². The van der Waals surface area contributed by atoms with E-state index in [0.717, 1.165) is 25.5 Å². The quantitative estimate of drug-likeness (QED) is 0.255. The highest BCUT2D eigenvalue weighted by atomic mass is 16.5. The van der Waals surface area contributed by atoms with Crippen molar-refractivity contribution in [3.63, 3.8) is 0 Å². The second-order valence-electron chi connectivity index (χ2n) is 3.51. The number of rotatable bonds is 9. The molecule has 0 bridgehead atoms. The number of carbonyl (C=O) groups is 2. The maximum Gasteiger partial charge on any atom is 0.379 e. The van der Waals surface area contributed by atoms with Gasteiger partial charge in [0.05, 0.1) is 6.26 Å². The minimum Gasteiger partial charge on any atom is -0.429 e. The molecule has 86 valence electrons. The lowest BCUT2D eigenvalue weighted by molar-refractivity contribution is -0.149. The zero-order chi connectivity index (χ0) is 11.5. The molecule has 15 heavy (non-hydrogen) atoms. The van der Waals surface area contributed by atoms with Crippen LogP contribution >= 0.6 is 0 Å². The smallest absolute Gasteiger partial charge is 0.379 e. The summed E-state index contributed by atoms with van der Waals surface area (Å²) < 4.78 is 4.37. The Morgan fingerprint density at radius 2 is 1.73 bits per heavy atom. The monoisotopic (exact) mass is 212 g/mol. The van der Waals surface area contributed by atoms with E-state index in [0.29, 0.717) is 6.42 Å². The van der Waals surface area contributed by atoms with Gasteiger partial charge in [-0.05, 0) is 6.42 Å². The van der Waals surface area contributed by atoms with E-state index in [9.17, 15) is 9.59 Å². The van der Waals surface area contributed by atoms with Gasteiger partial charge in [0.1, 0.15) is 0 Å². The number of ether oxygens (including phenoxy) is 1. The summed E-state index contributed by atoms with van der Waals surface area (Å²) in [5.74, 6) is -1.25. The molecule has 0 aliphatic heterocycles. The molecule has 0 atom stereocenters. The molecule has 0 N–H and O–H groups in total. The molecule has 0 aromatic rings. The van der Waals surface area contributed by atoms with Crippen LogP contribution in [0.25, 0.3) is 0 Å². The first kappa shape index (κ1) is 13.9. The van der Waals surface area contributed by atoms with Crippen LogP contribution in [-0.4, -0.2) is 11.8 Å². The number of hydrogen-bond acceptors (Lipinski definition) is 3. The van der Waals surface area contributed by atoms with Crippen molar-refractivity contribution in [2.24, 2.45) is 0 Å². The summed E-state index contributed by atoms with van der Waals surface area (Å²) in [6.07, 6.45) is 7.86. The van der Waals surface area contributed by atoms with E-state index in [1.54, 1.807) is 0 Å². The normalized spacial score (nSPS) is 9.67. The summed E-state index contributed by atoms with van der Waals surface area (Å²) in [7, 11) is 0. The van der Waals surface area contributed by atoms with Crippen LogP contribution in [0.1, 0.15) is 51.9 Å². The standard InChI is InChI=1S/C12H20O3/c1-3-5-6-7-8-9-10-11(13)12(14)15-4-2/h4H,2-3,5-10H2,1H3. The molecule has 0 aromatic heterocycles. The Morgan fingerprint density at radius 1 is 1.13 bits per heavy atom. The number of hydrogen-bond donors (Lipinski definition) is 0. The molecule has 0 saturated carbocycles. The van der Waals surface area contributed by atoms with Crippen LogP contribution in [0.5, 0.6) is 0 Å². The zero-order valence-electron chi connectivity index (χ0n) is 9.46. The van der Waals surface area contributed by atoms with E-state index < -0.39 is 11.8 Å². The fourth-order valence-corrected chi connectivity index (χ4v) is 1.31. The van der Waals surface area contributed by atoms with Gasteiger partial charge in [0.25, 0.3) is 0 Å². The van der Waals surface area contributed by atoms with Crippen LogP contribution in [0.4, 0.5) is 0 Å². The Labute approximate surface area is 91.5 Å². The Balaban J connectivity index is 3.38. The van der Waals surface area contributed by atoms with E-state index in [2.05, 4.69) is 18.2 Å². The zero-order valence-corrected chi connectivity index (χ0v) is 9.46.